The number of likely N-dealkylation sites (tertiary alicyclic amines) is 2. The Bertz CT molecular complexity index is 2220. The van der Waals surface area contributed by atoms with Crippen LogP contribution in [-0.4, -0.2) is 72.9 Å². The van der Waals surface area contributed by atoms with Crippen LogP contribution in [0.15, 0.2) is 91.6 Å². The van der Waals surface area contributed by atoms with Crippen LogP contribution in [0.1, 0.15) is 50.7 Å². The molecule has 8 nitrogen and oxygen atoms in total. The lowest BCUT2D eigenvalue weighted by Crippen LogP contribution is -2.39. The smallest absolute Gasteiger partial charge is 0.309 e. The lowest BCUT2D eigenvalue weighted by Gasteiger charge is -2.30. The minimum Gasteiger partial charge on any atom is -0.466 e. The summed E-state index contributed by atoms with van der Waals surface area (Å²) in [4.78, 5) is 56.0. The molecule has 0 saturated carbocycles. The van der Waals surface area contributed by atoms with Crippen molar-refractivity contribution in [1.82, 2.24) is 9.80 Å². The molecule has 2 fully saturated rings. The molecule has 2 heterocycles. The summed E-state index contributed by atoms with van der Waals surface area (Å²) in [6, 6.07) is 19.2. The number of amides is 2. The average molecular weight is 1050 g/mol. The van der Waals surface area contributed by atoms with Crippen molar-refractivity contribution >= 4 is 126 Å². The molecular weight excluding hydrogens is 1010 g/mol. The van der Waals surface area contributed by atoms with Crippen molar-refractivity contribution in [2.45, 2.75) is 49.3 Å². The van der Waals surface area contributed by atoms with Gasteiger partial charge >= 0.3 is 11.9 Å². The highest BCUT2D eigenvalue weighted by atomic mass is 79.9. The van der Waals surface area contributed by atoms with E-state index in [9.17, 15) is 19.2 Å². The molecule has 0 N–H and O–H groups in total. The van der Waals surface area contributed by atoms with Gasteiger partial charge in [0.05, 0.1) is 45.1 Å². The van der Waals surface area contributed by atoms with Crippen LogP contribution in [0, 0.1) is 11.8 Å². The minimum atomic E-state index is -0.225. The minimum absolute atomic E-state index is 0.207. The monoisotopic (exact) mass is 1050 g/mol. The van der Waals surface area contributed by atoms with Gasteiger partial charge in [-0.2, -0.15) is 0 Å². The van der Waals surface area contributed by atoms with Crippen LogP contribution in [0.5, 0.6) is 0 Å². The van der Waals surface area contributed by atoms with Gasteiger partial charge in [-0.3, -0.25) is 19.2 Å². The Hall–Kier alpha value is -3.29. The molecule has 4 aromatic carbocycles. The number of nitrogens with zero attached hydrogens (tertiary/aromatic N) is 2. The van der Waals surface area contributed by atoms with Gasteiger partial charge in [0.25, 0.3) is 0 Å². The largest absolute Gasteiger partial charge is 0.466 e. The zero-order valence-electron chi connectivity index (χ0n) is 33.3. The number of rotatable bonds is 12. The van der Waals surface area contributed by atoms with Gasteiger partial charge in [-0.05, 0) is 98.2 Å². The number of carbonyl (C=O) groups is 4. The number of halogens is 6. The van der Waals surface area contributed by atoms with Gasteiger partial charge in [-0.25, -0.2) is 0 Å². The summed E-state index contributed by atoms with van der Waals surface area (Å²) in [5.41, 5.74) is 4.16. The summed E-state index contributed by atoms with van der Waals surface area (Å²) >= 11 is 37.1. The molecule has 15 heteroatoms. The first-order chi connectivity index (χ1) is 29.3. The van der Waals surface area contributed by atoms with Crippen molar-refractivity contribution in [2.75, 3.05) is 39.4 Å². The van der Waals surface area contributed by atoms with Crippen molar-refractivity contribution in [3.63, 3.8) is 0 Å². The van der Waals surface area contributed by atoms with Crippen LogP contribution in [0.25, 0.3) is 34.4 Å². The quantitative estimate of drug-likeness (QED) is 0.103. The molecule has 6 rings (SSSR count). The van der Waals surface area contributed by atoms with E-state index in [2.05, 4.69) is 31.9 Å². The van der Waals surface area contributed by atoms with Gasteiger partial charge in [-0.15, -0.1) is 0 Å². The molecule has 0 radical (unpaired) electrons. The molecule has 2 amide bonds. The fourth-order valence-electron chi connectivity index (χ4n) is 7.34. The van der Waals surface area contributed by atoms with Crippen LogP contribution >= 0.6 is 90.0 Å². The number of carbonyl (C=O) groups excluding carboxylic acids is 4. The second kappa shape index (κ2) is 21.9. The molecule has 320 valence electrons. The molecule has 0 bridgehead atoms. The number of hydrogen-bond donors (Lipinski definition) is 0. The van der Waals surface area contributed by atoms with Gasteiger partial charge in [0.1, 0.15) is 0 Å². The van der Waals surface area contributed by atoms with E-state index in [-0.39, 0.29) is 55.7 Å². The van der Waals surface area contributed by atoms with Gasteiger partial charge in [-0.1, -0.05) is 126 Å². The van der Waals surface area contributed by atoms with E-state index in [0.717, 1.165) is 20.1 Å². The zero-order chi connectivity index (χ0) is 43.8. The Morgan fingerprint density at radius 1 is 0.607 bits per heavy atom. The van der Waals surface area contributed by atoms with E-state index in [4.69, 9.17) is 55.9 Å². The zero-order valence-corrected chi connectivity index (χ0v) is 40.3. The van der Waals surface area contributed by atoms with Gasteiger partial charge in [0.15, 0.2) is 0 Å². The summed E-state index contributed by atoms with van der Waals surface area (Å²) in [6.07, 6.45) is 8.45. The highest BCUT2D eigenvalue weighted by Crippen LogP contribution is 2.50. The van der Waals surface area contributed by atoms with Crippen LogP contribution in [0.2, 0.25) is 20.1 Å². The SMILES string of the molecule is CCOC(=O)C1CCN(C(=O)C=Cc2c(-c3ccccc3Br)cc(Sc3cc(-c4ccccc4Br)c(C=CC(=O)N4CCC(C(=O)OCC)CC4)c(Cl)c3Cl)c(Cl)c2Cl)CC1. The topological polar surface area (TPSA) is 93.2 Å². The maximum atomic E-state index is 13.4. The molecule has 0 spiro atoms. The molecule has 0 aromatic heterocycles. The second-order valence-electron chi connectivity index (χ2n) is 14.4. The van der Waals surface area contributed by atoms with Crippen molar-refractivity contribution in [3.8, 4) is 22.3 Å². The summed E-state index contributed by atoms with van der Waals surface area (Å²) in [7, 11) is 0. The van der Waals surface area contributed by atoms with E-state index in [0.29, 0.717) is 97.1 Å². The van der Waals surface area contributed by atoms with Crippen LogP contribution < -0.4 is 0 Å². The number of esters is 2. The van der Waals surface area contributed by atoms with E-state index < -0.39 is 0 Å². The number of benzene rings is 4. The first-order valence-electron chi connectivity index (χ1n) is 19.8. The number of ether oxygens (including phenoxy) is 2. The highest BCUT2D eigenvalue weighted by Gasteiger charge is 2.29. The first-order valence-corrected chi connectivity index (χ1v) is 23.7. The van der Waals surface area contributed by atoms with Gasteiger partial charge in [0, 0.05) is 68.2 Å². The van der Waals surface area contributed by atoms with E-state index in [1.54, 1.807) is 35.8 Å². The maximum Gasteiger partial charge on any atom is 0.309 e. The molecule has 0 unspecified atom stereocenters. The van der Waals surface area contributed by atoms with E-state index >= 15 is 0 Å². The van der Waals surface area contributed by atoms with Gasteiger partial charge in [0.2, 0.25) is 11.8 Å². The second-order valence-corrected chi connectivity index (χ2v) is 18.7. The third kappa shape index (κ3) is 11.3. The summed E-state index contributed by atoms with van der Waals surface area (Å²) < 4.78 is 12.0. The molecule has 2 aliphatic rings. The molecule has 0 atom stereocenters. The fourth-order valence-corrected chi connectivity index (χ4v) is 10.5. The van der Waals surface area contributed by atoms with Crippen molar-refractivity contribution in [3.05, 3.63) is 113 Å². The molecule has 2 saturated heterocycles. The standard InChI is InChI=1S/C46H42Br2Cl4N2O6S/c1-3-59-45(57)27-17-21-53(22-18-27)39(55)15-13-31-33(29-9-5-7-11-35(29)47)25-37(43(51)41(31)49)61-38-26-34(30-10-6-8-12-36(30)48)32(42(50)44(38)52)14-16-40(56)54-23-19-28(20-24-54)46(58)60-4-2/h5-16,25-28H,3-4,17-24H2,1-2H3. The summed E-state index contributed by atoms with van der Waals surface area (Å²) in [6.45, 7) is 5.94. The Kier molecular flexibility index (Phi) is 16.9. The van der Waals surface area contributed by atoms with Crippen molar-refractivity contribution in [2.24, 2.45) is 11.8 Å². The third-order valence-electron chi connectivity index (χ3n) is 10.6. The highest BCUT2D eigenvalue weighted by molar-refractivity contribution is 9.11. The van der Waals surface area contributed by atoms with Crippen LogP contribution in [0.4, 0.5) is 0 Å². The Balaban J connectivity index is 1.33. The van der Waals surface area contributed by atoms with Crippen LogP contribution in [-0.2, 0) is 28.7 Å². The molecule has 2 aliphatic heterocycles. The Morgan fingerprint density at radius 3 is 1.31 bits per heavy atom. The maximum absolute atomic E-state index is 13.4. The summed E-state index contributed by atoms with van der Waals surface area (Å²) in [5.74, 6) is -1.31. The predicted molar refractivity (Wildman–Crippen MR) is 253 cm³/mol. The van der Waals surface area contributed by atoms with Crippen molar-refractivity contribution < 1.29 is 28.7 Å². The van der Waals surface area contributed by atoms with Crippen molar-refractivity contribution in [1.29, 1.82) is 0 Å². The van der Waals surface area contributed by atoms with E-state index in [1.165, 1.54) is 23.9 Å². The number of piperidine rings is 2. The Morgan fingerprint density at radius 2 is 0.967 bits per heavy atom. The first kappa shape index (κ1) is 47.2. The van der Waals surface area contributed by atoms with Crippen LogP contribution in [0.3, 0.4) is 0 Å². The predicted octanol–water partition coefficient (Wildman–Crippen LogP) is 12.9. The van der Waals surface area contributed by atoms with Gasteiger partial charge < -0.3 is 19.3 Å². The Labute approximate surface area is 397 Å². The molecule has 61 heavy (non-hydrogen) atoms. The fraction of sp³-hybridized carbons (Fsp3) is 0.304. The third-order valence-corrected chi connectivity index (χ3v) is 15.1. The van der Waals surface area contributed by atoms with E-state index in [1.807, 2.05) is 60.7 Å². The average Bonchev–Trinajstić information content (AvgIpc) is 3.26. The molecule has 0 aliphatic carbocycles. The number of hydrogen-bond acceptors (Lipinski definition) is 7. The molecule has 4 aromatic rings. The normalized spacial score (nSPS) is 15.1. The molecular formula is C46H42Br2Cl4N2O6S. The lowest BCUT2D eigenvalue weighted by molar-refractivity contribution is -0.151. The lowest BCUT2D eigenvalue weighted by atomic mass is 9.96. The summed E-state index contributed by atoms with van der Waals surface area (Å²) in [5, 5.41) is 0.974.